The van der Waals surface area contributed by atoms with E-state index in [1.807, 2.05) is 12.3 Å². The Morgan fingerprint density at radius 2 is 2.22 bits per heavy atom. The summed E-state index contributed by atoms with van der Waals surface area (Å²) in [5.41, 5.74) is 1.66. The van der Waals surface area contributed by atoms with Gasteiger partial charge < -0.3 is 4.98 Å². The van der Waals surface area contributed by atoms with E-state index >= 15 is 0 Å². The summed E-state index contributed by atoms with van der Waals surface area (Å²) in [5.74, 6) is 0.678. The van der Waals surface area contributed by atoms with E-state index in [-0.39, 0.29) is 5.56 Å². The Kier molecular flexibility index (Phi) is 4.29. The van der Waals surface area contributed by atoms with Gasteiger partial charge in [0.25, 0.3) is 5.56 Å². The van der Waals surface area contributed by atoms with Crippen molar-refractivity contribution in [1.29, 1.82) is 0 Å². The highest BCUT2D eigenvalue weighted by molar-refractivity contribution is 9.10. The van der Waals surface area contributed by atoms with Crippen LogP contribution in [-0.4, -0.2) is 15.0 Å². The Morgan fingerprint density at radius 3 is 2.83 bits per heavy atom. The van der Waals surface area contributed by atoms with Gasteiger partial charge in [0.2, 0.25) is 0 Å². The van der Waals surface area contributed by atoms with Crippen LogP contribution in [-0.2, 0) is 12.8 Å². The van der Waals surface area contributed by atoms with Crippen LogP contribution in [0.5, 0.6) is 0 Å². The van der Waals surface area contributed by atoms with Crippen LogP contribution in [0.4, 0.5) is 0 Å². The van der Waals surface area contributed by atoms with Crippen molar-refractivity contribution in [2.24, 2.45) is 0 Å². The molecule has 0 fully saturated rings. The highest BCUT2D eigenvalue weighted by Gasteiger charge is 2.09. The Balaban J connectivity index is 2.31. The van der Waals surface area contributed by atoms with Gasteiger partial charge in [-0.25, -0.2) is 9.97 Å². The molecule has 2 heterocycles. The zero-order valence-electron chi connectivity index (χ0n) is 10.3. The van der Waals surface area contributed by atoms with Crippen molar-refractivity contribution in [2.45, 2.75) is 33.1 Å². The van der Waals surface area contributed by atoms with Crippen LogP contribution in [0.1, 0.15) is 35.6 Å². The predicted molar refractivity (Wildman–Crippen MR) is 76.2 cm³/mol. The number of aromatic nitrogens is 3. The number of thiazole rings is 1. The smallest absolute Gasteiger partial charge is 0.265 e. The lowest BCUT2D eigenvalue weighted by Crippen LogP contribution is -2.16. The molecule has 0 aliphatic rings. The Bertz CT molecular complexity index is 606. The molecule has 96 valence electrons. The number of aromatic amines is 1. The fraction of sp³-hybridized carbons (Fsp3) is 0.417. The maximum absolute atomic E-state index is 11.8. The molecule has 2 rings (SSSR count). The third-order valence-corrected chi connectivity index (χ3v) is 4.12. The van der Waals surface area contributed by atoms with Crippen LogP contribution in [0.2, 0.25) is 0 Å². The first-order chi connectivity index (χ1) is 8.60. The molecule has 0 aromatic carbocycles. The summed E-state index contributed by atoms with van der Waals surface area (Å²) in [6, 6.07) is 0. The van der Waals surface area contributed by atoms with Crippen molar-refractivity contribution in [3.63, 3.8) is 0 Å². The maximum Gasteiger partial charge on any atom is 0.265 e. The summed E-state index contributed by atoms with van der Waals surface area (Å²) in [6.07, 6.45) is 2.33. The van der Waals surface area contributed by atoms with E-state index < -0.39 is 0 Å². The van der Waals surface area contributed by atoms with Gasteiger partial charge in [-0.2, -0.15) is 0 Å². The van der Waals surface area contributed by atoms with E-state index in [1.165, 1.54) is 0 Å². The zero-order valence-corrected chi connectivity index (χ0v) is 12.7. The van der Waals surface area contributed by atoms with Gasteiger partial charge in [-0.15, -0.1) is 11.3 Å². The van der Waals surface area contributed by atoms with Gasteiger partial charge in [0.1, 0.15) is 10.3 Å². The molecular weight excluding hydrogens is 314 g/mol. The Labute approximate surface area is 118 Å². The lowest BCUT2D eigenvalue weighted by atomic mass is 10.2. The summed E-state index contributed by atoms with van der Waals surface area (Å²) in [6.45, 7) is 4.03. The minimum Gasteiger partial charge on any atom is -0.309 e. The van der Waals surface area contributed by atoms with E-state index in [2.05, 4.69) is 37.8 Å². The molecule has 0 saturated heterocycles. The van der Waals surface area contributed by atoms with Crippen LogP contribution in [0, 0.1) is 6.92 Å². The first-order valence-electron chi connectivity index (χ1n) is 5.78. The second-order valence-corrected chi connectivity index (χ2v) is 5.91. The zero-order chi connectivity index (χ0) is 13.1. The van der Waals surface area contributed by atoms with Gasteiger partial charge >= 0.3 is 0 Å². The second kappa shape index (κ2) is 5.75. The fourth-order valence-electron chi connectivity index (χ4n) is 1.70. The average Bonchev–Trinajstić information content (AvgIpc) is 2.71. The van der Waals surface area contributed by atoms with E-state index in [1.54, 1.807) is 11.3 Å². The predicted octanol–water partition coefficient (Wildman–Crippen LogP) is 2.84. The summed E-state index contributed by atoms with van der Waals surface area (Å²) >= 11 is 4.89. The first-order valence-corrected chi connectivity index (χ1v) is 7.46. The number of halogens is 1. The number of nitrogens with zero attached hydrogens (tertiary/aromatic N) is 2. The molecule has 0 spiro atoms. The molecule has 0 aliphatic carbocycles. The lowest BCUT2D eigenvalue weighted by molar-refractivity contribution is 0.818. The summed E-state index contributed by atoms with van der Waals surface area (Å²) < 4.78 is 0.544. The van der Waals surface area contributed by atoms with E-state index in [9.17, 15) is 4.79 Å². The molecule has 0 aliphatic heterocycles. The molecule has 2 aromatic rings. The summed E-state index contributed by atoms with van der Waals surface area (Å²) in [4.78, 5) is 23.4. The molecule has 1 N–H and O–H groups in total. The maximum atomic E-state index is 11.8. The minimum absolute atomic E-state index is 0.115. The van der Waals surface area contributed by atoms with Crippen LogP contribution in [0.3, 0.4) is 0 Å². The third-order valence-electron chi connectivity index (χ3n) is 2.48. The number of rotatable bonds is 4. The van der Waals surface area contributed by atoms with Gasteiger partial charge in [-0.1, -0.05) is 13.3 Å². The molecule has 0 amide bonds. The van der Waals surface area contributed by atoms with E-state index in [0.29, 0.717) is 16.7 Å². The quantitative estimate of drug-likeness (QED) is 0.939. The normalized spacial score (nSPS) is 10.8. The largest absolute Gasteiger partial charge is 0.309 e. The molecule has 2 aromatic heterocycles. The number of hydrogen-bond acceptors (Lipinski definition) is 4. The molecule has 6 heteroatoms. The van der Waals surface area contributed by atoms with Crippen LogP contribution >= 0.6 is 27.3 Å². The number of H-pyrrole nitrogens is 1. The van der Waals surface area contributed by atoms with Crippen molar-refractivity contribution in [2.75, 3.05) is 0 Å². The van der Waals surface area contributed by atoms with Crippen molar-refractivity contribution in [1.82, 2.24) is 15.0 Å². The summed E-state index contributed by atoms with van der Waals surface area (Å²) in [7, 11) is 0. The fourth-order valence-corrected chi connectivity index (χ4v) is 2.70. The van der Waals surface area contributed by atoms with Crippen molar-refractivity contribution >= 4 is 27.3 Å². The molecule has 0 unspecified atom stereocenters. The average molecular weight is 328 g/mol. The van der Waals surface area contributed by atoms with Crippen LogP contribution in [0.15, 0.2) is 14.6 Å². The summed E-state index contributed by atoms with van der Waals surface area (Å²) in [5, 5.41) is 3.02. The van der Waals surface area contributed by atoms with E-state index in [0.717, 1.165) is 29.2 Å². The minimum atomic E-state index is -0.115. The standard InChI is InChI=1S/C12H14BrN3OS/c1-3-4-9-11(13)12(17)16-10(15-9)5-8-6-18-7(2)14-8/h6H,3-5H2,1-2H3,(H,15,16,17). The lowest BCUT2D eigenvalue weighted by Gasteiger charge is -2.04. The van der Waals surface area contributed by atoms with Crippen LogP contribution < -0.4 is 5.56 Å². The molecule has 0 radical (unpaired) electrons. The third kappa shape index (κ3) is 3.05. The Morgan fingerprint density at radius 1 is 1.44 bits per heavy atom. The highest BCUT2D eigenvalue weighted by atomic mass is 79.9. The molecule has 18 heavy (non-hydrogen) atoms. The second-order valence-electron chi connectivity index (χ2n) is 4.06. The van der Waals surface area contributed by atoms with Gasteiger partial charge in [-0.05, 0) is 29.3 Å². The molecule has 0 saturated carbocycles. The van der Waals surface area contributed by atoms with Crippen LogP contribution in [0.25, 0.3) is 0 Å². The van der Waals surface area contributed by atoms with Crippen molar-refractivity contribution in [3.8, 4) is 0 Å². The van der Waals surface area contributed by atoms with Crippen molar-refractivity contribution in [3.05, 3.63) is 42.4 Å². The molecular formula is C12H14BrN3OS. The number of hydrogen-bond donors (Lipinski definition) is 1. The number of nitrogens with one attached hydrogen (secondary N) is 1. The molecule has 4 nitrogen and oxygen atoms in total. The Hall–Kier alpha value is -1.01. The highest BCUT2D eigenvalue weighted by Crippen LogP contribution is 2.14. The SMILES string of the molecule is CCCc1nc(Cc2csc(C)n2)[nH]c(=O)c1Br. The topological polar surface area (TPSA) is 58.6 Å². The van der Waals surface area contributed by atoms with Gasteiger partial charge in [-0.3, -0.25) is 4.79 Å². The van der Waals surface area contributed by atoms with Gasteiger partial charge in [0.05, 0.1) is 16.4 Å². The molecule has 0 bridgehead atoms. The van der Waals surface area contributed by atoms with Crippen molar-refractivity contribution < 1.29 is 0 Å². The molecule has 0 atom stereocenters. The monoisotopic (exact) mass is 327 g/mol. The van der Waals surface area contributed by atoms with Gasteiger partial charge in [0, 0.05) is 11.8 Å². The first kappa shape index (κ1) is 13.4. The van der Waals surface area contributed by atoms with Gasteiger partial charge in [0.15, 0.2) is 0 Å². The van der Waals surface area contributed by atoms with E-state index in [4.69, 9.17) is 0 Å². The number of aryl methyl sites for hydroxylation is 2.